The Morgan fingerprint density at radius 3 is 2.54 bits per heavy atom. The number of hydrogen-bond acceptors (Lipinski definition) is 2. The number of aromatic carboxylic acids is 1. The van der Waals surface area contributed by atoms with E-state index >= 15 is 0 Å². The summed E-state index contributed by atoms with van der Waals surface area (Å²) in [5, 5.41) is 14.8. The first-order valence-corrected chi connectivity index (χ1v) is 10.2. The van der Waals surface area contributed by atoms with E-state index in [1.54, 1.807) is 0 Å². The maximum absolute atomic E-state index is 12.3. The number of carboxylic acid groups (broad SMARTS) is 1. The van der Waals surface area contributed by atoms with Crippen LogP contribution >= 0.6 is 0 Å². The molecular formula is C24H28N2O2. The van der Waals surface area contributed by atoms with Crippen LogP contribution in [0.3, 0.4) is 0 Å². The van der Waals surface area contributed by atoms with Crippen molar-refractivity contribution in [1.29, 1.82) is 0 Å². The summed E-state index contributed by atoms with van der Waals surface area (Å²) in [6.07, 6.45) is 4.51. The number of hydrogen-bond donors (Lipinski definition) is 2. The quantitative estimate of drug-likeness (QED) is 0.617. The van der Waals surface area contributed by atoms with Crippen LogP contribution in [0.25, 0.3) is 10.9 Å². The minimum atomic E-state index is -0.851. The van der Waals surface area contributed by atoms with Crippen molar-refractivity contribution in [2.24, 2.45) is 0 Å². The number of nitrogens with zero attached hydrogens (tertiary/aromatic N) is 1. The van der Waals surface area contributed by atoms with Gasteiger partial charge in [-0.25, -0.2) is 4.79 Å². The van der Waals surface area contributed by atoms with Crippen LogP contribution in [0.4, 0.5) is 0 Å². The number of fused-ring (bicyclic) bond motifs is 1. The van der Waals surface area contributed by atoms with Crippen LogP contribution in [0.5, 0.6) is 0 Å². The summed E-state index contributed by atoms with van der Waals surface area (Å²) < 4.78 is 2.01. The van der Waals surface area contributed by atoms with E-state index in [0.29, 0.717) is 24.8 Å². The van der Waals surface area contributed by atoms with Crippen molar-refractivity contribution >= 4 is 16.9 Å². The Kier molecular flexibility index (Phi) is 5.23. The van der Waals surface area contributed by atoms with Gasteiger partial charge in [0.2, 0.25) is 0 Å². The van der Waals surface area contributed by atoms with E-state index in [1.165, 1.54) is 30.4 Å². The molecule has 1 aliphatic rings. The SMILES string of the molecule is CCc1cccc2c(CNC3CCC3)c(C(=O)O)n(Cc3ccc(C)cc3)c12. The molecular weight excluding hydrogens is 348 g/mol. The highest BCUT2D eigenvalue weighted by Crippen LogP contribution is 2.31. The molecule has 1 heterocycles. The predicted octanol–water partition coefficient (Wildman–Crippen LogP) is 4.90. The van der Waals surface area contributed by atoms with E-state index in [4.69, 9.17) is 0 Å². The molecule has 0 bridgehead atoms. The van der Waals surface area contributed by atoms with Crippen molar-refractivity contribution in [3.8, 4) is 0 Å². The van der Waals surface area contributed by atoms with E-state index < -0.39 is 5.97 Å². The topological polar surface area (TPSA) is 54.3 Å². The van der Waals surface area contributed by atoms with Crippen molar-refractivity contribution < 1.29 is 9.90 Å². The van der Waals surface area contributed by atoms with Crippen LogP contribution < -0.4 is 5.32 Å². The van der Waals surface area contributed by atoms with E-state index in [9.17, 15) is 9.90 Å². The van der Waals surface area contributed by atoms with Crippen LogP contribution in [0.2, 0.25) is 0 Å². The molecule has 28 heavy (non-hydrogen) atoms. The number of rotatable bonds is 7. The Bertz CT molecular complexity index is 998. The first-order valence-electron chi connectivity index (χ1n) is 10.2. The van der Waals surface area contributed by atoms with E-state index in [1.807, 2.05) is 4.57 Å². The van der Waals surface area contributed by atoms with Crippen molar-refractivity contribution in [3.63, 3.8) is 0 Å². The smallest absolute Gasteiger partial charge is 0.352 e. The molecule has 4 nitrogen and oxygen atoms in total. The van der Waals surface area contributed by atoms with Crippen LogP contribution in [-0.4, -0.2) is 21.7 Å². The van der Waals surface area contributed by atoms with E-state index in [-0.39, 0.29) is 0 Å². The number of aromatic nitrogens is 1. The first-order chi connectivity index (χ1) is 13.6. The van der Waals surface area contributed by atoms with Crippen molar-refractivity contribution in [1.82, 2.24) is 9.88 Å². The van der Waals surface area contributed by atoms with Gasteiger partial charge in [-0.05, 0) is 37.3 Å². The lowest BCUT2D eigenvalue weighted by Gasteiger charge is -2.26. The van der Waals surface area contributed by atoms with Gasteiger partial charge in [0.1, 0.15) is 5.69 Å². The monoisotopic (exact) mass is 376 g/mol. The van der Waals surface area contributed by atoms with Gasteiger partial charge in [0.25, 0.3) is 0 Å². The zero-order chi connectivity index (χ0) is 19.7. The molecule has 1 aliphatic carbocycles. The van der Waals surface area contributed by atoms with Gasteiger partial charge in [-0.3, -0.25) is 0 Å². The summed E-state index contributed by atoms with van der Waals surface area (Å²) in [6.45, 7) is 5.37. The molecule has 146 valence electrons. The molecule has 1 fully saturated rings. The first kappa shape index (κ1) is 18.8. The highest BCUT2D eigenvalue weighted by atomic mass is 16.4. The summed E-state index contributed by atoms with van der Waals surface area (Å²) in [5.41, 5.74) is 5.92. The van der Waals surface area contributed by atoms with E-state index in [0.717, 1.165) is 28.5 Å². The zero-order valence-corrected chi connectivity index (χ0v) is 16.7. The summed E-state index contributed by atoms with van der Waals surface area (Å²) in [4.78, 5) is 12.3. The second-order valence-corrected chi connectivity index (χ2v) is 7.88. The van der Waals surface area contributed by atoms with Gasteiger partial charge >= 0.3 is 5.97 Å². The lowest BCUT2D eigenvalue weighted by atomic mass is 9.93. The lowest BCUT2D eigenvalue weighted by Crippen LogP contribution is -2.34. The molecule has 0 spiro atoms. The molecule has 4 heteroatoms. The minimum absolute atomic E-state index is 0.420. The molecule has 0 unspecified atom stereocenters. The Labute approximate surface area is 166 Å². The maximum Gasteiger partial charge on any atom is 0.352 e. The molecule has 2 N–H and O–H groups in total. The molecule has 0 aliphatic heterocycles. The molecule has 0 saturated heterocycles. The standard InChI is InChI=1S/C24H28N2O2/c1-3-18-6-4-9-20-21(14-25-19-7-5-8-19)23(24(27)28)26(22(18)20)15-17-12-10-16(2)11-13-17/h4,6,9-13,19,25H,3,5,7-8,14-15H2,1-2H3,(H,27,28). The maximum atomic E-state index is 12.3. The molecule has 2 aromatic carbocycles. The third-order valence-electron chi connectivity index (χ3n) is 5.99. The largest absolute Gasteiger partial charge is 0.477 e. The molecule has 1 saturated carbocycles. The van der Waals surface area contributed by atoms with Gasteiger partial charge in [0, 0.05) is 30.1 Å². The Balaban J connectivity index is 1.85. The number of carboxylic acids is 1. The van der Waals surface area contributed by atoms with E-state index in [2.05, 4.69) is 61.6 Å². The summed E-state index contributed by atoms with van der Waals surface area (Å²) in [7, 11) is 0. The van der Waals surface area contributed by atoms with Crippen LogP contribution in [0.15, 0.2) is 42.5 Å². The normalized spacial score (nSPS) is 14.4. The fourth-order valence-corrected chi connectivity index (χ4v) is 4.16. The van der Waals surface area contributed by atoms with Crippen LogP contribution in [0.1, 0.15) is 58.9 Å². The number of aryl methyl sites for hydroxylation is 2. The molecule has 4 rings (SSSR count). The highest BCUT2D eigenvalue weighted by Gasteiger charge is 2.25. The van der Waals surface area contributed by atoms with Gasteiger partial charge < -0.3 is 15.0 Å². The zero-order valence-electron chi connectivity index (χ0n) is 16.7. The average molecular weight is 377 g/mol. The van der Waals surface area contributed by atoms with Gasteiger partial charge in [-0.15, -0.1) is 0 Å². The Hall–Kier alpha value is -2.59. The van der Waals surface area contributed by atoms with Crippen molar-refractivity contribution in [2.45, 2.75) is 58.7 Å². The highest BCUT2D eigenvalue weighted by molar-refractivity contribution is 5.99. The second-order valence-electron chi connectivity index (χ2n) is 7.88. The number of benzene rings is 2. The lowest BCUT2D eigenvalue weighted by molar-refractivity contribution is 0.0684. The van der Waals surface area contributed by atoms with Gasteiger partial charge in [-0.1, -0.05) is 61.4 Å². The van der Waals surface area contributed by atoms with Gasteiger partial charge in [0.05, 0.1) is 5.52 Å². The number of carbonyl (C=O) groups is 1. The number of para-hydroxylation sites is 1. The molecule has 0 atom stereocenters. The molecule has 0 amide bonds. The fraction of sp³-hybridized carbons (Fsp3) is 0.375. The third-order valence-corrected chi connectivity index (χ3v) is 5.99. The van der Waals surface area contributed by atoms with Gasteiger partial charge in [0.15, 0.2) is 0 Å². The third kappa shape index (κ3) is 3.45. The summed E-state index contributed by atoms with van der Waals surface area (Å²) >= 11 is 0. The second kappa shape index (κ2) is 7.80. The summed E-state index contributed by atoms with van der Waals surface area (Å²) in [6, 6.07) is 15.1. The van der Waals surface area contributed by atoms with Gasteiger partial charge in [-0.2, -0.15) is 0 Å². The predicted molar refractivity (Wildman–Crippen MR) is 113 cm³/mol. The average Bonchev–Trinajstić information content (AvgIpc) is 2.96. The minimum Gasteiger partial charge on any atom is -0.477 e. The Morgan fingerprint density at radius 1 is 1.18 bits per heavy atom. The molecule has 1 aromatic heterocycles. The van der Waals surface area contributed by atoms with Crippen molar-refractivity contribution in [2.75, 3.05) is 0 Å². The fourth-order valence-electron chi connectivity index (χ4n) is 4.16. The molecule has 0 radical (unpaired) electrons. The van der Waals surface area contributed by atoms with Crippen molar-refractivity contribution in [3.05, 3.63) is 70.4 Å². The van der Waals surface area contributed by atoms with Crippen LogP contribution in [0, 0.1) is 6.92 Å². The van der Waals surface area contributed by atoms with Crippen LogP contribution in [-0.2, 0) is 19.5 Å². The summed E-state index contributed by atoms with van der Waals surface area (Å²) in [5.74, 6) is -0.851. The molecule has 3 aromatic rings. The number of nitrogens with one attached hydrogen (secondary N) is 1. The Morgan fingerprint density at radius 2 is 1.93 bits per heavy atom.